The molecule has 0 saturated heterocycles. The normalized spacial score (nSPS) is 17.6. The average molecular weight is 154 g/mol. The largest absolute Gasteiger partial charge is 0.309 e. The van der Waals surface area contributed by atoms with Crippen LogP contribution in [0.1, 0.15) is 17.7 Å². The van der Waals surface area contributed by atoms with Gasteiger partial charge in [0, 0.05) is 23.7 Å². The summed E-state index contributed by atoms with van der Waals surface area (Å²) in [6.07, 6.45) is 4.65. The van der Waals surface area contributed by atoms with Crippen LogP contribution in [0.2, 0.25) is 0 Å². The highest BCUT2D eigenvalue weighted by Crippen LogP contribution is 2.19. The van der Waals surface area contributed by atoms with Gasteiger partial charge in [-0.05, 0) is 12.8 Å². The molecule has 1 fully saturated rings. The number of nitrogens with one attached hydrogen (secondary N) is 1. The smallest absolute Gasteiger partial charge is 0.0794 e. The van der Waals surface area contributed by atoms with Crippen molar-refractivity contribution in [3.63, 3.8) is 0 Å². The van der Waals surface area contributed by atoms with Crippen LogP contribution in [0.15, 0.2) is 11.7 Å². The molecule has 1 aromatic rings. The Morgan fingerprint density at radius 3 is 3.20 bits per heavy atom. The molecule has 0 unspecified atom stereocenters. The first-order chi connectivity index (χ1) is 4.95. The van der Waals surface area contributed by atoms with Gasteiger partial charge in [0.2, 0.25) is 0 Å². The Labute approximate surface area is 64.3 Å². The number of thiazole rings is 1. The summed E-state index contributed by atoms with van der Waals surface area (Å²) in [5.74, 6) is 0. The second-order valence-electron chi connectivity index (χ2n) is 2.62. The molecule has 1 aliphatic carbocycles. The topological polar surface area (TPSA) is 24.9 Å². The molecule has 2 nitrogen and oxygen atoms in total. The van der Waals surface area contributed by atoms with E-state index in [1.54, 1.807) is 11.3 Å². The van der Waals surface area contributed by atoms with Crippen LogP contribution in [0.4, 0.5) is 0 Å². The number of rotatable bonds is 3. The molecule has 0 atom stereocenters. The SMILES string of the molecule is c1ncc(CNC2CC2)s1. The van der Waals surface area contributed by atoms with Crippen LogP contribution >= 0.6 is 11.3 Å². The summed E-state index contributed by atoms with van der Waals surface area (Å²) < 4.78 is 0. The van der Waals surface area contributed by atoms with Crippen molar-refractivity contribution in [2.45, 2.75) is 25.4 Å². The minimum absolute atomic E-state index is 0.807. The summed E-state index contributed by atoms with van der Waals surface area (Å²) in [5, 5.41) is 3.43. The maximum Gasteiger partial charge on any atom is 0.0794 e. The zero-order chi connectivity index (χ0) is 6.81. The predicted octanol–water partition coefficient (Wildman–Crippen LogP) is 1.40. The first kappa shape index (κ1) is 6.31. The van der Waals surface area contributed by atoms with Crippen molar-refractivity contribution >= 4 is 11.3 Å². The molecule has 3 heteroatoms. The van der Waals surface area contributed by atoms with E-state index in [1.165, 1.54) is 17.7 Å². The van der Waals surface area contributed by atoms with Crippen molar-refractivity contribution in [1.82, 2.24) is 10.3 Å². The first-order valence-electron chi connectivity index (χ1n) is 3.56. The molecule has 0 radical (unpaired) electrons. The van der Waals surface area contributed by atoms with E-state index in [0.717, 1.165) is 12.6 Å². The standard InChI is InChI=1S/C7H10N2S/c1-2-6(1)9-4-7-3-8-5-10-7/h3,5-6,9H,1-2,4H2. The summed E-state index contributed by atoms with van der Waals surface area (Å²) >= 11 is 1.72. The van der Waals surface area contributed by atoms with Gasteiger partial charge in [-0.1, -0.05) is 0 Å². The fourth-order valence-electron chi connectivity index (χ4n) is 0.862. The van der Waals surface area contributed by atoms with Crippen LogP contribution < -0.4 is 5.32 Å². The van der Waals surface area contributed by atoms with Gasteiger partial charge in [-0.15, -0.1) is 11.3 Å². The second kappa shape index (κ2) is 2.68. The van der Waals surface area contributed by atoms with E-state index in [4.69, 9.17) is 0 Å². The Kier molecular flexibility index (Phi) is 1.69. The third-order valence-corrected chi connectivity index (χ3v) is 2.41. The number of aromatic nitrogens is 1. The molecule has 2 rings (SSSR count). The Balaban J connectivity index is 1.79. The average Bonchev–Trinajstić information content (AvgIpc) is 2.63. The lowest BCUT2D eigenvalue weighted by atomic mass is 10.5. The van der Waals surface area contributed by atoms with E-state index in [-0.39, 0.29) is 0 Å². The minimum atomic E-state index is 0.807. The van der Waals surface area contributed by atoms with E-state index in [2.05, 4.69) is 10.3 Å². The lowest BCUT2D eigenvalue weighted by molar-refractivity contribution is 0.694. The van der Waals surface area contributed by atoms with Crippen molar-refractivity contribution in [3.05, 3.63) is 16.6 Å². The van der Waals surface area contributed by atoms with E-state index < -0.39 is 0 Å². The molecule has 10 heavy (non-hydrogen) atoms. The van der Waals surface area contributed by atoms with Crippen molar-refractivity contribution < 1.29 is 0 Å². The van der Waals surface area contributed by atoms with Gasteiger partial charge < -0.3 is 5.32 Å². The van der Waals surface area contributed by atoms with Crippen LogP contribution in [0, 0.1) is 0 Å². The molecule has 0 aromatic carbocycles. The van der Waals surface area contributed by atoms with Gasteiger partial charge in [-0.25, -0.2) is 0 Å². The highest BCUT2D eigenvalue weighted by molar-refractivity contribution is 7.09. The van der Waals surface area contributed by atoms with Crippen molar-refractivity contribution in [3.8, 4) is 0 Å². The third-order valence-electron chi connectivity index (χ3n) is 1.63. The molecular weight excluding hydrogens is 144 g/mol. The highest BCUT2D eigenvalue weighted by atomic mass is 32.1. The predicted molar refractivity (Wildman–Crippen MR) is 42.0 cm³/mol. The highest BCUT2D eigenvalue weighted by Gasteiger charge is 2.19. The lowest BCUT2D eigenvalue weighted by Crippen LogP contribution is -2.14. The van der Waals surface area contributed by atoms with Crippen LogP contribution in [-0.2, 0) is 6.54 Å². The maximum absolute atomic E-state index is 4.00. The van der Waals surface area contributed by atoms with Crippen LogP contribution in [0.5, 0.6) is 0 Å². The molecule has 1 heterocycles. The Hall–Kier alpha value is -0.410. The van der Waals surface area contributed by atoms with Gasteiger partial charge in [-0.3, -0.25) is 4.98 Å². The molecule has 1 aliphatic rings. The van der Waals surface area contributed by atoms with Gasteiger partial charge in [0.05, 0.1) is 5.51 Å². The number of nitrogens with zero attached hydrogens (tertiary/aromatic N) is 1. The van der Waals surface area contributed by atoms with E-state index in [9.17, 15) is 0 Å². The molecule has 1 saturated carbocycles. The maximum atomic E-state index is 4.00. The summed E-state index contributed by atoms with van der Waals surface area (Å²) in [6.45, 7) is 1.01. The molecule has 0 spiro atoms. The zero-order valence-corrected chi connectivity index (χ0v) is 6.53. The fraction of sp³-hybridized carbons (Fsp3) is 0.571. The van der Waals surface area contributed by atoms with Crippen molar-refractivity contribution in [1.29, 1.82) is 0 Å². The molecule has 0 aliphatic heterocycles. The molecule has 0 amide bonds. The van der Waals surface area contributed by atoms with E-state index in [1.807, 2.05) is 11.7 Å². The molecule has 1 aromatic heterocycles. The molecule has 54 valence electrons. The Morgan fingerprint density at radius 2 is 2.60 bits per heavy atom. The molecule has 0 bridgehead atoms. The van der Waals surface area contributed by atoms with Gasteiger partial charge >= 0.3 is 0 Å². The molecule has 1 N–H and O–H groups in total. The second-order valence-corrected chi connectivity index (χ2v) is 3.59. The summed E-state index contributed by atoms with van der Waals surface area (Å²) in [6, 6.07) is 0.807. The summed E-state index contributed by atoms with van der Waals surface area (Å²) in [4.78, 5) is 5.34. The summed E-state index contributed by atoms with van der Waals surface area (Å²) in [5.41, 5.74) is 1.88. The third kappa shape index (κ3) is 1.55. The first-order valence-corrected chi connectivity index (χ1v) is 4.44. The zero-order valence-electron chi connectivity index (χ0n) is 5.71. The van der Waals surface area contributed by atoms with Crippen LogP contribution in [-0.4, -0.2) is 11.0 Å². The Bertz CT molecular complexity index is 191. The van der Waals surface area contributed by atoms with Gasteiger partial charge in [-0.2, -0.15) is 0 Å². The number of hydrogen-bond acceptors (Lipinski definition) is 3. The van der Waals surface area contributed by atoms with Gasteiger partial charge in [0.15, 0.2) is 0 Å². The lowest BCUT2D eigenvalue weighted by Gasteiger charge is -1.96. The van der Waals surface area contributed by atoms with Gasteiger partial charge in [0.1, 0.15) is 0 Å². The van der Waals surface area contributed by atoms with Crippen LogP contribution in [0.3, 0.4) is 0 Å². The van der Waals surface area contributed by atoms with Crippen molar-refractivity contribution in [2.75, 3.05) is 0 Å². The van der Waals surface area contributed by atoms with E-state index in [0.29, 0.717) is 0 Å². The summed E-state index contributed by atoms with van der Waals surface area (Å²) in [7, 11) is 0. The van der Waals surface area contributed by atoms with Crippen LogP contribution in [0.25, 0.3) is 0 Å². The minimum Gasteiger partial charge on any atom is -0.309 e. The van der Waals surface area contributed by atoms with Gasteiger partial charge in [0.25, 0.3) is 0 Å². The number of hydrogen-bond donors (Lipinski definition) is 1. The Morgan fingerprint density at radius 1 is 1.70 bits per heavy atom. The molecular formula is C7H10N2S. The quantitative estimate of drug-likeness (QED) is 0.711. The fourth-order valence-corrected chi connectivity index (χ4v) is 1.41. The monoisotopic (exact) mass is 154 g/mol. The van der Waals surface area contributed by atoms with E-state index >= 15 is 0 Å². The van der Waals surface area contributed by atoms with Crippen molar-refractivity contribution in [2.24, 2.45) is 0 Å².